The van der Waals surface area contributed by atoms with Crippen LogP contribution in [0.3, 0.4) is 0 Å². The Morgan fingerprint density at radius 3 is 2.69 bits per heavy atom. The van der Waals surface area contributed by atoms with Crippen LogP contribution in [-0.4, -0.2) is 58.0 Å². The molecule has 0 radical (unpaired) electrons. The van der Waals surface area contributed by atoms with Crippen molar-refractivity contribution >= 4 is 39.5 Å². The van der Waals surface area contributed by atoms with Crippen molar-refractivity contribution in [1.82, 2.24) is 20.4 Å². The quantitative estimate of drug-likeness (QED) is 0.652. The van der Waals surface area contributed by atoms with Crippen LogP contribution in [-0.2, 0) is 4.79 Å². The molecule has 1 N–H and O–H groups in total. The van der Waals surface area contributed by atoms with Gasteiger partial charge in [-0.05, 0) is 66.3 Å². The van der Waals surface area contributed by atoms with E-state index in [0.717, 1.165) is 18.6 Å². The summed E-state index contributed by atoms with van der Waals surface area (Å²) in [5, 5.41) is 6.79. The highest BCUT2D eigenvalue weighted by atomic mass is 79.9. The van der Waals surface area contributed by atoms with Crippen molar-refractivity contribution in [2.24, 2.45) is 0 Å². The highest BCUT2D eigenvalue weighted by Gasteiger charge is 2.31. The number of aryl methyl sites for hydroxylation is 1. The lowest BCUT2D eigenvalue weighted by Gasteiger charge is -2.33. The first-order valence-corrected chi connectivity index (χ1v) is 11.8. The number of thioether (sulfide) groups is 1. The topological polar surface area (TPSA) is 88.3 Å². The predicted octanol–water partition coefficient (Wildman–Crippen LogP) is 3.40. The fourth-order valence-corrected chi connectivity index (χ4v) is 4.36. The molecule has 29 heavy (non-hydrogen) atoms. The molecule has 1 unspecified atom stereocenters. The second-order valence-corrected chi connectivity index (χ2v) is 8.91. The monoisotopic (exact) mass is 480 g/mol. The molecule has 9 heteroatoms. The van der Waals surface area contributed by atoms with Crippen molar-refractivity contribution in [3.8, 4) is 0 Å². The van der Waals surface area contributed by atoms with E-state index in [1.54, 1.807) is 24.8 Å². The number of aromatic nitrogens is 2. The van der Waals surface area contributed by atoms with Crippen molar-refractivity contribution in [1.29, 1.82) is 0 Å². The number of likely N-dealkylation sites (tertiary alicyclic amines) is 1. The maximum Gasteiger partial charge on any atom is 0.253 e. The van der Waals surface area contributed by atoms with E-state index in [1.807, 2.05) is 29.4 Å². The van der Waals surface area contributed by atoms with Crippen molar-refractivity contribution in [3.63, 3.8) is 0 Å². The Morgan fingerprint density at radius 1 is 1.34 bits per heavy atom. The van der Waals surface area contributed by atoms with Crippen LogP contribution in [0.4, 0.5) is 0 Å². The summed E-state index contributed by atoms with van der Waals surface area (Å²) in [5.41, 5.74) is 0.528. The highest BCUT2D eigenvalue weighted by Crippen LogP contribution is 2.27. The summed E-state index contributed by atoms with van der Waals surface area (Å²) >= 11 is 5.06. The molecule has 2 aromatic rings. The number of hydrogen-bond donors (Lipinski definition) is 1. The van der Waals surface area contributed by atoms with Crippen molar-refractivity contribution in [3.05, 3.63) is 46.0 Å². The molecule has 1 atom stereocenters. The molecule has 2 amide bonds. The second kappa shape index (κ2) is 10.2. The Labute approximate surface area is 183 Å². The molecule has 0 bridgehead atoms. The summed E-state index contributed by atoms with van der Waals surface area (Å²) in [5.74, 6) is 1.98. The van der Waals surface area contributed by atoms with E-state index in [-0.39, 0.29) is 17.7 Å². The average molecular weight is 481 g/mol. The lowest BCUT2D eigenvalue weighted by molar-refractivity contribution is -0.134. The molecule has 1 aliphatic rings. The van der Waals surface area contributed by atoms with Crippen molar-refractivity contribution in [2.45, 2.75) is 38.1 Å². The van der Waals surface area contributed by atoms with E-state index in [0.29, 0.717) is 41.3 Å². The third-order valence-electron chi connectivity index (χ3n) is 5.03. The van der Waals surface area contributed by atoms with E-state index >= 15 is 0 Å². The number of rotatable bonds is 7. The molecular weight excluding hydrogens is 456 g/mol. The molecule has 1 aromatic carbocycles. The van der Waals surface area contributed by atoms with E-state index in [9.17, 15) is 9.59 Å². The minimum absolute atomic E-state index is 0.0281. The SMILES string of the molecule is CSCCC(NC(=O)c1ccccc1Br)C(=O)N1CCC(c2nc(C)no2)CC1. The normalized spacial score (nSPS) is 15.9. The second-order valence-electron chi connectivity index (χ2n) is 7.07. The number of amides is 2. The third-order valence-corrected chi connectivity index (χ3v) is 6.37. The molecule has 2 heterocycles. The summed E-state index contributed by atoms with van der Waals surface area (Å²) < 4.78 is 6.00. The summed E-state index contributed by atoms with van der Waals surface area (Å²) in [6, 6.07) is 6.68. The lowest BCUT2D eigenvalue weighted by Crippen LogP contribution is -2.50. The first kappa shape index (κ1) is 21.8. The number of piperidine rings is 1. The van der Waals surface area contributed by atoms with E-state index in [1.165, 1.54) is 0 Å². The molecule has 1 fully saturated rings. The maximum atomic E-state index is 13.1. The van der Waals surface area contributed by atoms with Crippen LogP contribution < -0.4 is 5.32 Å². The van der Waals surface area contributed by atoms with Gasteiger partial charge in [0.1, 0.15) is 6.04 Å². The third kappa shape index (κ3) is 5.60. The van der Waals surface area contributed by atoms with Crippen LogP contribution in [0, 0.1) is 6.92 Å². The van der Waals surface area contributed by atoms with Crippen molar-refractivity contribution < 1.29 is 14.1 Å². The van der Waals surface area contributed by atoms with Gasteiger partial charge in [0.15, 0.2) is 5.82 Å². The van der Waals surface area contributed by atoms with Crippen LogP contribution in [0.1, 0.15) is 47.3 Å². The zero-order valence-electron chi connectivity index (χ0n) is 16.6. The number of carbonyl (C=O) groups excluding carboxylic acids is 2. The Morgan fingerprint density at radius 2 is 2.07 bits per heavy atom. The smallest absolute Gasteiger partial charge is 0.253 e. The van der Waals surface area contributed by atoms with Gasteiger partial charge in [-0.3, -0.25) is 9.59 Å². The number of benzene rings is 1. The van der Waals surface area contributed by atoms with Crippen LogP contribution in [0.5, 0.6) is 0 Å². The number of hydrogen-bond acceptors (Lipinski definition) is 6. The fraction of sp³-hybridized carbons (Fsp3) is 0.500. The molecular formula is C20H25BrN4O3S. The maximum absolute atomic E-state index is 13.1. The Bertz CT molecular complexity index is 852. The van der Waals surface area contributed by atoms with Gasteiger partial charge in [-0.1, -0.05) is 17.3 Å². The van der Waals surface area contributed by atoms with Gasteiger partial charge in [-0.2, -0.15) is 16.7 Å². The van der Waals surface area contributed by atoms with Gasteiger partial charge in [0.2, 0.25) is 11.8 Å². The van der Waals surface area contributed by atoms with E-state index in [2.05, 4.69) is 31.4 Å². The molecule has 0 spiro atoms. The number of nitrogens with one attached hydrogen (secondary N) is 1. The van der Waals surface area contributed by atoms with Crippen LogP contribution in [0.15, 0.2) is 33.3 Å². The Hall–Kier alpha value is -1.87. The molecule has 156 valence electrons. The zero-order valence-corrected chi connectivity index (χ0v) is 19.0. The van der Waals surface area contributed by atoms with Gasteiger partial charge in [-0.15, -0.1) is 0 Å². The van der Waals surface area contributed by atoms with Gasteiger partial charge in [-0.25, -0.2) is 0 Å². The van der Waals surface area contributed by atoms with Crippen LogP contribution in [0.2, 0.25) is 0 Å². The molecule has 1 aliphatic heterocycles. The first-order chi connectivity index (χ1) is 14.0. The van der Waals surface area contributed by atoms with Gasteiger partial charge >= 0.3 is 0 Å². The van der Waals surface area contributed by atoms with Gasteiger partial charge < -0.3 is 14.7 Å². The molecule has 0 saturated carbocycles. The molecule has 1 aromatic heterocycles. The number of nitrogens with zero attached hydrogens (tertiary/aromatic N) is 3. The minimum Gasteiger partial charge on any atom is -0.341 e. The summed E-state index contributed by atoms with van der Waals surface area (Å²) in [6.45, 7) is 3.03. The largest absolute Gasteiger partial charge is 0.341 e. The van der Waals surface area contributed by atoms with Gasteiger partial charge in [0, 0.05) is 23.5 Å². The minimum atomic E-state index is -0.538. The first-order valence-electron chi connectivity index (χ1n) is 9.63. The van der Waals surface area contributed by atoms with E-state index in [4.69, 9.17) is 4.52 Å². The standard InChI is InChI=1S/C20H25BrN4O3S/c1-13-22-19(28-24-13)14-7-10-25(11-8-14)20(27)17(9-12-29-2)23-18(26)15-5-3-4-6-16(15)21/h3-6,14,17H,7-12H2,1-2H3,(H,23,26). The van der Waals surface area contributed by atoms with Crippen LogP contribution >= 0.6 is 27.7 Å². The summed E-state index contributed by atoms with van der Waals surface area (Å²) in [7, 11) is 0. The summed E-state index contributed by atoms with van der Waals surface area (Å²) in [6.07, 6.45) is 4.15. The molecule has 1 saturated heterocycles. The fourth-order valence-electron chi connectivity index (χ4n) is 3.42. The average Bonchev–Trinajstić information content (AvgIpc) is 3.17. The Balaban J connectivity index is 1.63. The summed E-state index contributed by atoms with van der Waals surface area (Å²) in [4.78, 5) is 32.0. The van der Waals surface area contributed by atoms with E-state index < -0.39 is 6.04 Å². The molecule has 7 nitrogen and oxygen atoms in total. The molecule has 0 aliphatic carbocycles. The number of carbonyl (C=O) groups is 2. The van der Waals surface area contributed by atoms with Gasteiger partial charge in [0.25, 0.3) is 5.91 Å². The van der Waals surface area contributed by atoms with Crippen LogP contribution in [0.25, 0.3) is 0 Å². The van der Waals surface area contributed by atoms with Crippen molar-refractivity contribution in [2.75, 3.05) is 25.1 Å². The zero-order chi connectivity index (χ0) is 20.8. The highest BCUT2D eigenvalue weighted by molar-refractivity contribution is 9.10. The lowest BCUT2D eigenvalue weighted by atomic mass is 9.96. The number of halogens is 1. The molecule has 3 rings (SSSR count). The van der Waals surface area contributed by atoms with Gasteiger partial charge in [0.05, 0.1) is 5.56 Å². The Kier molecular flexibility index (Phi) is 7.71. The predicted molar refractivity (Wildman–Crippen MR) is 116 cm³/mol.